The summed E-state index contributed by atoms with van der Waals surface area (Å²) >= 11 is 0. The van der Waals surface area contributed by atoms with Crippen molar-refractivity contribution in [1.82, 2.24) is 9.97 Å². The Morgan fingerprint density at radius 2 is 2.25 bits per heavy atom. The molecule has 0 atom stereocenters. The van der Waals surface area contributed by atoms with Gasteiger partial charge in [0.2, 0.25) is 5.91 Å². The minimum atomic E-state index is -0.444. The number of carbonyl (C=O) groups is 1. The molecule has 0 aliphatic rings. The van der Waals surface area contributed by atoms with Crippen LogP contribution in [0.3, 0.4) is 0 Å². The van der Waals surface area contributed by atoms with E-state index in [-0.39, 0.29) is 18.0 Å². The second-order valence-electron chi connectivity index (χ2n) is 3.28. The number of halogens is 1. The van der Waals surface area contributed by atoms with Crippen LogP contribution in [0.2, 0.25) is 0 Å². The molecule has 4 nitrogen and oxygen atoms in total. The van der Waals surface area contributed by atoms with Crippen molar-refractivity contribution in [3.05, 3.63) is 48.3 Å². The zero-order valence-electron chi connectivity index (χ0n) is 8.40. The standard InChI is InChI=1S/C11H10FN3O/c12-9-3-1-2-4-10(9)15-11(16)5-8-6-13-7-14-8/h1-4,6-7H,5H2,(H,13,14)(H,15,16). The van der Waals surface area contributed by atoms with Crippen LogP contribution in [0.4, 0.5) is 10.1 Å². The summed E-state index contributed by atoms with van der Waals surface area (Å²) in [6.07, 6.45) is 3.20. The lowest BCUT2D eigenvalue weighted by molar-refractivity contribution is -0.115. The smallest absolute Gasteiger partial charge is 0.230 e. The third kappa shape index (κ3) is 2.44. The number of hydrogen-bond acceptors (Lipinski definition) is 2. The number of nitrogens with one attached hydrogen (secondary N) is 2. The van der Waals surface area contributed by atoms with Crippen LogP contribution in [0.1, 0.15) is 5.69 Å². The Morgan fingerprint density at radius 1 is 1.44 bits per heavy atom. The first kappa shape index (κ1) is 10.4. The minimum absolute atomic E-state index is 0.147. The average molecular weight is 219 g/mol. The Balaban J connectivity index is 2.00. The Labute approximate surface area is 91.5 Å². The van der Waals surface area contributed by atoms with Crippen molar-refractivity contribution in [2.75, 3.05) is 5.32 Å². The highest BCUT2D eigenvalue weighted by molar-refractivity contribution is 5.92. The number of para-hydroxylation sites is 1. The summed E-state index contributed by atoms with van der Waals surface area (Å²) in [6.45, 7) is 0. The van der Waals surface area contributed by atoms with E-state index in [1.54, 1.807) is 18.3 Å². The molecule has 16 heavy (non-hydrogen) atoms. The van der Waals surface area contributed by atoms with Gasteiger partial charge in [0.1, 0.15) is 5.82 Å². The van der Waals surface area contributed by atoms with Crippen molar-refractivity contribution in [1.29, 1.82) is 0 Å². The van der Waals surface area contributed by atoms with E-state index >= 15 is 0 Å². The summed E-state index contributed by atoms with van der Waals surface area (Å²) in [5, 5.41) is 2.49. The van der Waals surface area contributed by atoms with Crippen molar-refractivity contribution in [2.24, 2.45) is 0 Å². The van der Waals surface area contributed by atoms with Crippen LogP contribution in [0, 0.1) is 5.82 Å². The van der Waals surface area contributed by atoms with Crippen LogP contribution >= 0.6 is 0 Å². The van der Waals surface area contributed by atoms with E-state index in [1.165, 1.54) is 18.5 Å². The molecule has 0 saturated heterocycles. The van der Waals surface area contributed by atoms with Crippen LogP contribution < -0.4 is 5.32 Å². The third-order valence-electron chi connectivity index (χ3n) is 2.05. The Bertz CT molecular complexity index is 482. The molecule has 82 valence electrons. The van der Waals surface area contributed by atoms with E-state index in [2.05, 4.69) is 15.3 Å². The second kappa shape index (κ2) is 4.57. The van der Waals surface area contributed by atoms with Crippen LogP contribution in [0.15, 0.2) is 36.8 Å². The summed E-state index contributed by atoms with van der Waals surface area (Å²) in [7, 11) is 0. The molecular weight excluding hydrogens is 209 g/mol. The summed E-state index contributed by atoms with van der Waals surface area (Å²) < 4.78 is 13.2. The number of aromatic amines is 1. The van der Waals surface area contributed by atoms with Gasteiger partial charge in [-0.1, -0.05) is 12.1 Å². The second-order valence-corrected chi connectivity index (χ2v) is 3.28. The quantitative estimate of drug-likeness (QED) is 0.825. The fraction of sp³-hybridized carbons (Fsp3) is 0.0909. The largest absolute Gasteiger partial charge is 0.348 e. The monoisotopic (exact) mass is 219 g/mol. The lowest BCUT2D eigenvalue weighted by Crippen LogP contribution is -2.15. The van der Waals surface area contributed by atoms with Gasteiger partial charge in [0.05, 0.1) is 18.4 Å². The van der Waals surface area contributed by atoms with E-state index < -0.39 is 5.82 Å². The lowest BCUT2D eigenvalue weighted by Gasteiger charge is -2.04. The maximum atomic E-state index is 13.2. The fourth-order valence-corrected chi connectivity index (χ4v) is 1.31. The molecule has 0 spiro atoms. The first-order chi connectivity index (χ1) is 7.75. The zero-order chi connectivity index (χ0) is 11.4. The molecule has 0 saturated carbocycles. The molecule has 1 aromatic heterocycles. The van der Waals surface area contributed by atoms with E-state index in [9.17, 15) is 9.18 Å². The summed E-state index contributed by atoms with van der Waals surface area (Å²) in [5.41, 5.74) is 0.876. The molecule has 5 heteroatoms. The van der Waals surface area contributed by atoms with Crippen molar-refractivity contribution in [2.45, 2.75) is 6.42 Å². The van der Waals surface area contributed by atoms with Crippen LogP contribution in [0.25, 0.3) is 0 Å². The number of anilines is 1. The highest BCUT2D eigenvalue weighted by Crippen LogP contribution is 2.12. The molecule has 0 aliphatic carbocycles. The lowest BCUT2D eigenvalue weighted by atomic mass is 10.2. The maximum Gasteiger partial charge on any atom is 0.230 e. The average Bonchev–Trinajstić information content (AvgIpc) is 2.74. The Hall–Kier alpha value is -2.17. The van der Waals surface area contributed by atoms with Crippen molar-refractivity contribution in [3.63, 3.8) is 0 Å². The molecule has 1 heterocycles. The highest BCUT2D eigenvalue weighted by Gasteiger charge is 2.07. The maximum absolute atomic E-state index is 13.2. The molecule has 0 bridgehead atoms. The van der Waals surface area contributed by atoms with Gasteiger partial charge in [0.15, 0.2) is 0 Å². The van der Waals surface area contributed by atoms with Gasteiger partial charge in [-0.15, -0.1) is 0 Å². The van der Waals surface area contributed by atoms with E-state index in [4.69, 9.17) is 0 Å². The highest BCUT2D eigenvalue weighted by atomic mass is 19.1. The van der Waals surface area contributed by atoms with Gasteiger partial charge in [-0.05, 0) is 12.1 Å². The number of imidazole rings is 1. The normalized spacial score (nSPS) is 10.1. The van der Waals surface area contributed by atoms with Gasteiger partial charge in [-0.25, -0.2) is 9.37 Å². The topological polar surface area (TPSA) is 57.8 Å². The number of benzene rings is 1. The minimum Gasteiger partial charge on any atom is -0.348 e. The van der Waals surface area contributed by atoms with E-state index in [1.807, 2.05) is 0 Å². The predicted octanol–water partition coefficient (Wildman–Crippen LogP) is 1.73. The van der Waals surface area contributed by atoms with Crippen molar-refractivity contribution < 1.29 is 9.18 Å². The third-order valence-corrected chi connectivity index (χ3v) is 2.05. The fourth-order valence-electron chi connectivity index (χ4n) is 1.31. The molecule has 2 N–H and O–H groups in total. The summed E-state index contributed by atoms with van der Waals surface area (Å²) in [4.78, 5) is 18.1. The number of amides is 1. The molecule has 0 radical (unpaired) electrons. The number of nitrogens with zero attached hydrogens (tertiary/aromatic N) is 1. The molecular formula is C11H10FN3O. The van der Waals surface area contributed by atoms with Crippen molar-refractivity contribution in [3.8, 4) is 0 Å². The Kier molecular flexibility index (Phi) is 2.95. The van der Waals surface area contributed by atoms with E-state index in [0.717, 1.165) is 0 Å². The molecule has 0 aliphatic heterocycles. The van der Waals surface area contributed by atoms with Gasteiger partial charge >= 0.3 is 0 Å². The van der Waals surface area contributed by atoms with E-state index in [0.29, 0.717) is 5.69 Å². The first-order valence-corrected chi connectivity index (χ1v) is 4.77. The number of aromatic nitrogens is 2. The number of hydrogen-bond donors (Lipinski definition) is 2. The Morgan fingerprint density at radius 3 is 2.94 bits per heavy atom. The van der Waals surface area contributed by atoms with Crippen molar-refractivity contribution >= 4 is 11.6 Å². The zero-order valence-corrected chi connectivity index (χ0v) is 8.40. The molecule has 0 unspecified atom stereocenters. The van der Waals surface area contributed by atoms with Gasteiger partial charge in [0, 0.05) is 11.9 Å². The number of H-pyrrole nitrogens is 1. The van der Waals surface area contributed by atoms with Gasteiger partial charge < -0.3 is 10.3 Å². The van der Waals surface area contributed by atoms with Gasteiger partial charge in [0.25, 0.3) is 0 Å². The van der Waals surface area contributed by atoms with Crippen LogP contribution in [-0.2, 0) is 11.2 Å². The number of carbonyl (C=O) groups excluding carboxylic acids is 1. The molecule has 1 amide bonds. The first-order valence-electron chi connectivity index (χ1n) is 4.77. The molecule has 0 fully saturated rings. The predicted molar refractivity (Wildman–Crippen MR) is 57.3 cm³/mol. The molecule has 2 rings (SSSR count). The SMILES string of the molecule is O=C(Cc1cnc[nH]1)Nc1ccccc1F. The summed E-state index contributed by atoms with van der Waals surface area (Å²) in [6, 6.07) is 6.04. The molecule has 2 aromatic rings. The van der Waals surface area contributed by atoms with Gasteiger partial charge in [-0.3, -0.25) is 4.79 Å². The summed E-state index contributed by atoms with van der Waals surface area (Å²) in [5.74, 6) is -0.727. The number of rotatable bonds is 3. The van der Waals surface area contributed by atoms with Crippen LogP contribution in [0.5, 0.6) is 0 Å². The molecule has 1 aromatic carbocycles. The van der Waals surface area contributed by atoms with Gasteiger partial charge in [-0.2, -0.15) is 0 Å². The van der Waals surface area contributed by atoms with Crippen LogP contribution in [-0.4, -0.2) is 15.9 Å².